The molecule has 0 fully saturated rings. The molecule has 210 valence electrons. The molecule has 5 rings (SSSR count). The number of hydrogen-bond acceptors (Lipinski definition) is 10. The molecule has 14 heteroatoms. The van der Waals surface area contributed by atoms with E-state index in [1.165, 1.54) is 42.5 Å². The second-order valence-electron chi connectivity index (χ2n) is 8.89. The first-order valence-corrected chi connectivity index (χ1v) is 13.4. The molecule has 0 atom stereocenters. The molecule has 0 unspecified atom stereocenters. The van der Waals surface area contributed by atoms with Crippen molar-refractivity contribution in [1.82, 2.24) is 0 Å². The van der Waals surface area contributed by atoms with Crippen molar-refractivity contribution in [3.05, 3.63) is 90.0 Å². The number of azo groups is 2. The fourth-order valence-corrected chi connectivity index (χ4v) is 4.99. The first kappa shape index (κ1) is 27.8. The fourth-order valence-electron chi connectivity index (χ4n) is 4.33. The van der Waals surface area contributed by atoms with Gasteiger partial charge in [0.25, 0.3) is 10.1 Å². The predicted octanol–water partition coefficient (Wildman–Crippen LogP) is 6.75. The largest absolute Gasteiger partial charge is 0.505 e. The number of phenols is 1. The highest BCUT2D eigenvalue weighted by Crippen LogP contribution is 2.43. The number of nitrogen functional groups attached to an aromatic ring is 1. The summed E-state index contributed by atoms with van der Waals surface area (Å²) in [6.07, 6.45) is 0. The number of benzene rings is 5. The second kappa shape index (κ2) is 10.7. The van der Waals surface area contributed by atoms with Gasteiger partial charge in [-0.2, -0.15) is 8.42 Å². The molecule has 0 saturated carbocycles. The summed E-state index contributed by atoms with van der Waals surface area (Å²) in [7, 11) is -4.81. The molecule has 0 heterocycles. The first-order chi connectivity index (χ1) is 20.0. The van der Waals surface area contributed by atoms with Gasteiger partial charge in [0.2, 0.25) is 0 Å². The van der Waals surface area contributed by atoms with Gasteiger partial charge in [0.15, 0.2) is 5.75 Å². The Balaban J connectivity index is 1.61. The van der Waals surface area contributed by atoms with Crippen LogP contribution < -0.4 is 5.73 Å². The van der Waals surface area contributed by atoms with Gasteiger partial charge in [-0.05, 0) is 47.9 Å². The molecule has 5 aromatic rings. The molecule has 0 bridgehead atoms. The lowest BCUT2D eigenvalue weighted by Crippen LogP contribution is -2.07. The number of nitrogens with two attached hydrogens (primary N) is 1. The number of nitrogens with zero attached hydrogens (tertiary/aromatic N) is 4. The summed E-state index contributed by atoms with van der Waals surface area (Å²) in [5, 5.41) is 47.5. The lowest BCUT2D eigenvalue weighted by atomic mass is 10.1. The lowest BCUT2D eigenvalue weighted by molar-refractivity contribution is 0.0652. The Morgan fingerprint density at radius 2 is 1.31 bits per heavy atom. The number of hydrogen-bond donors (Lipinski definition) is 5. The Hall–Kier alpha value is -5.73. The van der Waals surface area contributed by atoms with Crippen molar-refractivity contribution in [3.63, 3.8) is 0 Å². The standard InChI is InChI=1S/C28H19N5O8S/c29-15-9-8-14-12-23(42(39,40)41)25(26(34)19(14)13-15)33-31-21-11-10-20(16-4-1-2-5-17(16)21)30-32-22-7-3-6-18(27(35)36)24(22)28(37)38/h1-13,34H,29H2,(H,35,36)(H,37,38)(H,39,40,41)/b32-30+,33-31+. The van der Waals surface area contributed by atoms with Crippen LogP contribution in [0, 0.1) is 0 Å². The Kier molecular flexibility index (Phi) is 7.08. The van der Waals surface area contributed by atoms with Crippen molar-refractivity contribution in [2.45, 2.75) is 4.90 Å². The number of carboxylic acid groups (broad SMARTS) is 2. The molecule has 0 aromatic heterocycles. The minimum absolute atomic E-state index is 0.166. The van der Waals surface area contributed by atoms with Gasteiger partial charge in [-0.25, -0.2) is 9.59 Å². The maximum absolute atomic E-state index is 12.1. The van der Waals surface area contributed by atoms with Gasteiger partial charge >= 0.3 is 11.9 Å². The Morgan fingerprint density at radius 3 is 1.90 bits per heavy atom. The number of fused-ring (bicyclic) bond motifs is 2. The van der Waals surface area contributed by atoms with E-state index in [1.54, 1.807) is 24.3 Å². The van der Waals surface area contributed by atoms with E-state index in [2.05, 4.69) is 20.5 Å². The highest BCUT2D eigenvalue weighted by Gasteiger charge is 2.23. The van der Waals surface area contributed by atoms with E-state index in [1.807, 2.05) is 0 Å². The van der Waals surface area contributed by atoms with Gasteiger partial charge in [0.1, 0.15) is 21.8 Å². The molecule has 0 aliphatic rings. The van der Waals surface area contributed by atoms with Crippen LogP contribution in [0.15, 0.2) is 104 Å². The van der Waals surface area contributed by atoms with Crippen LogP contribution in [0.2, 0.25) is 0 Å². The zero-order chi connectivity index (χ0) is 30.2. The van der Waals surface area contributed by atoms with E-state index in [9.17, 15) is 37.9 Å². The van der Waals surface area contributed by atoms with Gasteiger partial charge in [0, 0.05) is 21.8 Å². The Labute approximate surface area is 236 Å². The SMILES string of the molecule is Nc1ccc2cc(S(=O)(=O)O)c(/N=N/c3ccc(/N=N/c4cccc(C(=O)O)c4C(=O)O)c4ccccc34)c(O)c2c1. The zero-order valence-corrected chi connectivity index (χ0v) is 22.0. The minimum Gasteiger partial charge on any atom is -0.505 e. The van der Waals surface area contributed by atoms with E-state index in [4.69, 9.17) is 5.73 Å². The fraction of sp³-hybridized carbons (Fsp3) is 0. The molecule has 0 amide bonds. The molecule has 0 aliphatic carbocycles. The van der Waals surface area contributed by atoms with E-state index in [0.29, 0.717) is 21.8 Å². The maximum Gasteiger partial charge on any atom is 0.338 e. The lowest BCUT2D eigenvalue weighted by Gasteiger charge is -2.10. The third kappa shape index (κ3) is 5.22. The van der Waals surface area contributed by atoms with E-state index in [-0.39, 0.29) is 22.4 Å². The number of aromatic hydroxyl groups is 1. The number of phenolic OH excluding ortho intramolecular Hbond substituents is 1. The van der Waals surface area contributed by atoms with E-state index in [0.717, 1.165) is 12.1 Å². The van der Waals surface area contributed by atoms with Crippen LogP contribution >= 0.6 is 0 Å². The average Bonchev–Trinajstić information content (AvgIpc) is 2.95. The number of carboxylic acids is 2. The third-order valence-corrected chi connectivity index (χ3v) is 7.11. The molecular formula is C28H19N5O8S. The normalized spacial score (nSPS) is 12.0. The third-order valence-electron chi connectivity index (χ3n) is 6.24. The highest BCUT2D eigenvalue weighted by atomic mass is 32.2. The van der Waals surface area contributed by atoms with Gasteiger partial charge in [-0.3, -0.25) is 4.55 Å². The van der Waals surface area contributed by atoms with Crippen LogP contribution in [-0.4, -0.2) is 40.2 Å². The highest BCUT2D eigenvalue weighted by molar-refractivity contribution is 7.86. The number of aromatic carboxylic acids is 2. The molecule has 0 radical (unpaired) electrons. The average molecular weight is 586 g/mol. The number of rotatable bonds is 7. The van der Waals surface area contributed by atoms with Crippen LogP contribution in [0.25, 0.3) is 21.5 Å². The Bertz CT molecular complexity index is 2110. The number of anilines is 1. The van der Waals surface area contributed by atoms with Crippen molar-refractivity contribution < 1.29 is 37.9 Å². The van der Waals surface area contributed by atoms with Gasteiger partial charge in [-0.15, -0.1) is 20.5 Å². The summed E-state index contributed by atoms with van der Waals surface area (Å²) in [5.41, 5.74) is 5.01. The van der Waals surface area contributed by atoms with Crippen molar-refractivity contribution in [1.29, 1.82) is 0 Å². The molecule has 0 saturated heterocycles. The van der Waals surface area contributed by atoms with Crippen LogP contribution in [-0.2, 0) is 10.1 Å². The smallest absolute Gasteiger partial charge is 0.338 e. The maximum atomic E-state index is 12.1. The monoisotopic (exact) mass is 585 g/mol. The molecule has 0 aliphatic heterocycles. The summed E-state index contributed by atoms with van der Waals surface area (Å²) in [6.45, 7) is 0. The van der Waals surface area contributed by atoms with Crippen molar-refractivity contribution >= 4 is 72.0 Å². The summed E-state index contributed by atoms with van der Waals surface area (Å²) in [5.74, 6) is -3.46. The van der Waals surface area contributed by atoms with Crippen LogP contribution in [0.3, 0.4) is 0 Å². The quantitative estimate of drug-likeness (QED) is 0.0771. The summed E-state index contributed by atoms with van der Waals surface area (Å²) in [6, 6.07) is 19.1. The molecule has 13 nitrogen and oxygen atoms in total. The summed E-state index contributed by atoms with van der Waals surface area (Å²) in [4.78, 5) is 22.6. The van der Waals surface area contributed by atoms with Gasteiger partial charge in [0.05, 0.1) is 16.9 Å². The van der Waals surface area contributed by atoms with Crippen molar-refractivity contribution in [2.75, 3.05) is 5.73 Å². The van der Waals surface area contributed by atoms with Crippen LogP contribution in [0.4, 0.5) is 28.4 Å². The summed E-state index contributed by atoms with van der Waals surface area (Å²) < 4.78 is 34.1. The van der Waals surface area contributed by atoms with Gasteiger partial charge in [-0.1, -0.05) is 36.4 Å². The van der Waals surface area contributed by atoms with Gasteiger partial charge < -0.3 is 21.1 Å². The molecular weight excluding hydrogens is 566 g/mol. The van der Waals surface area contributed by atoms with Crippen molar-refractivity contribution in [3.8, 4) is 5.75 Å². The molecule has 0 spiro atoms. The van der Waals surface area contributed by atoms with Crippen LogP contribution in [0.5, 0.6) is 5.75 Å². The summed E-state index contributed by atoms with van der Waals surface area (Å²) >= 11 is 0. The molecule has 6 N–H and O–H groups in total. The van der Waals surface area contributed by atoms with Crippen LogP contribution in [0.1, 0.15) is 20.7 Å². The van der Waals surface area contributed by atoms with E-state index >= 15 is 0 Å². The Morgan fingerprint density at radius 1 is 0.690 bits per heavy atom. The zero-order valence-electron chi connectivity index (χ0n) is 21.2. The second-order valence-corrected chi connectivity index (χ2v) is 10.3. The predicted molar refractivity (Wildman–Crippen MR) is 153 cm³/mol. The topological polar surface area (TPSA) is 225 Å². The minimum atomic E-state index is -4.81. The number of carbonyl (C=O) groups is 2. The first-order valence-electron chi connectivity index (χ1n) is 11.9. The van der Waals surface area contributed by atoms with E-state index < -0.39 is 49.5 Å². The molecule has 42 heavy (non-hydrogen) atoms. The molecule has 5 aromatic carbocycles. The van der Waals surface area contributed by atoms with Crippen molar-refractivity contribution in [2.24, 2.45) is 20.5 Å².